The van der Waals surface area contributed by atoms with Crippen LogP contribution >= 0.6 is 0 Å². The molecule has 4 rings (SSSR count). The molecule has 1 aliphatic heterocycles. The fourth-order valence-electron chi connectivity index (χ4n) is 3.85. The van der Waals surface area contributed by atoms with Crippen LogP contribution in [0.4, 0.5) is 5.69 Å². The Bertz CT molecular complexity index is 844. The molecule has 1 saturated heterocycles. The lowest BCUT2D eigenvalue weighted by Crippen LogP contribution is -2.33. The number of aryl methyl sites for hydroxylation is 2. The maximum absolute atomic E-state index is 4.78. The second-order valence-corrected chi connectivity index (χ2v) is 6.64. The number of hydrogen-bond donors (Lipinski definition) is 0. The third-order valence-corrected chi connectivity index (χ3v) is 5.22. The summed E-state index contributed by atoms with van der Waals surface area (Å²) in [6.45, 7) is 4.36. The summed E-state index contributed by atoms with van der Waals surface area (Å²) in [5.74, 6) is 0.618. The Balaban J connectivity index is 1.61. The van der Waals surface area contributed by atoms with E-state index in [1.165, 1.54) is 35.3 Å². The van der Waals surface area contributed by atoms with Crippen molar-refractivity contribution in [3.05, 3.63) is 54.0 Å². The number of rotatable bonds is 3. The minimum absolute atomic E-state index is 0.618. The molecule has 1 aliphatic rings. The van der Waals surface area contributed by atoms with Crippen LogP contribution in [-0.2, 0) is 13.5 Å². The summed E-state index contributed by atoms with van der Waals surface area (Å²) in [5.41, 5.74) is 5.00. The van der Waals surface area contributed by atoms with Crippen LogP contribution in [0, 0.1) is 0 Å². The molecule has 124 valence electrons. The Hall–Kier alpha value is -2.36. The Morgan fingerprint density at radius 2 is 1.92 bits per heavy atom. The van der Waals surface area contributed by atoms with Gasteiger partial charge in [0.2, 0.25) is 0 Å². The summed E-state index contributed by atoms with van der Waals surface area (Å²) in [6, 6.07) is 13.0. The molecule has 0 aliphatic carbocycles. The van der Waals surface area contributed by atoms with Crippen molar-refractivity contribution >= 4 is 16.6 Å². The molecule has 0 atom stereocenters. The molecule has 3 aromatic rings. The summed E-state index contributed by atoms with van der Waals surface area (Å²) < 4.78 is 2.03. The zero-order chi connectivity index (χ0) is 16.5. The Morgan fingerprint density at radius 3 is 2.62 bits per heavy atom. The van der Waals surface area contributed by atoms with Gasteiger partial charge >= 0.3 is 0 Å². The number of nitrogens with zero attached hydrogens (tertiary/aromatic N) is 4. The van der Waals surface area contributed by atoms with Crippen molar-refractivity contribution in [3.63, 3.8) is 0 Å². The molecule has 4 nitrogen and oxygen atoms in total. The van der Waals surface area contributed by atoms with Gasteiger partial charge in [-0.3, -0.25) is 9.67 Å². The second-order valence-electron chi connectivity index (χ2n) is 6.64. The van der Waals surface area contributed by atoms with Gasteiger partial charge in [-0.1, -0.05) is 25.1 Å². The number of aromatic nitrogens is 3. The van der Waals surface area contributed by atoms with Gasteiger partial charge in [-0.25, -0.2) is 0 Å². The maximum Gasteiger partial charge on any atom is 0.0726 e. The van der Waals surface area contributed by atoms with Crippen LogP contribution < -0.4 is 4.90 Å². The highest BCUT2D eigenvalue weighted by molar-refractivity contribution is 5.92. The number of para-hydroxylation sites is 1. The van der Waals surface area contributed by atoms with Crippen LogP contribution in [0.1, 0.15) is 37.1 Å². The van der Waals surface area contributed by atoms with Crippen molar-refractivity contribution in [2.45, 2.75) is 32.1 Å². The number of piperidine rings is 1. The molecule has 0 amide bonds. The smallest absolute Gasteiger partial charge is 0.0726 e. The first-order valence-corrected chi connectivity index (χ1v) is 8.87. The van der Waals surface area contributed by atoms with Crippen molar-refractivity contribution in [3.8, 4) is 0 Å². The molecule has 4 heteroatoms. The zero-order valence-corrected chi connectivity index (χ0v) is 14.4. The summed E-state index contributed by atoms with van der Waals surface area (Å²) >= 11 is 0. The zero-order valence-electron chi connectivity index (χ0n) is 14.4. The molecule has 0 N–H and O–H groups in total. The van der Waals surface area contributed by atoms with Crippen LogP contribution in [-0.4, -0.2) is 27.9 Å². The van der Waals surface area contributed by atoms with E-state index in [-0.39, 0.29) is 0 Å². The third-order valence-electron chi connectivity index (χ3n) is 5.22. The monoisotopic (exact) mass is 320 g/mol. The van der Waals surface area contributed by atoms with Gasteiger partial charge < -0.3 is 4.90 Å². The van der Waals surface area contributed by atoms with E-state index >= 15 is 0 Å². The van der Waals surface area contributed by atoms with Crippen LogP contribution in [0.25, 0.3) is 10.9 Å². The van der Waals surface area contributed by atoms with Crippen LogP contribution in [0.2, 0.25) is 0 Å². The number of anilines is 1. The summed E-state index contributed by atoms with van der Waals surface area (Å²) in [6.07, 6.45) is 5.24. The van der Waals surface area contributed by atoms with E-state index in [2.05, 4.69) is 53.3 Å². The molecule has 0 unspecified atom stereocenters. The van der Waals surface area contributed by atoms with Crippen molar-refractivity contribution < 1.29 is 0 Å². The quantitative estimate of drug-likeness (QED) is 0.733. The van der Waals surface area contributed by atoms with E-state index in [0.717, 1.165) is 25.0 Å². The molecular formula is C20H24N4. The minimum atomic E-state index is 0.618. The highest BCUT2D eigenvalue weighted by Gasteiger charge is 2.24. The molecular weight excluding hydrogens is 296 g/mol. The molecule has 24 heavy (non-hydrogen) atoms. The van der Waals surface area contributed by atoms with Gasteiger partial charge in [0.1, 0.15) is 0 Å². The first-order valence-electron chi connectivity index (χ1n) is 8.87. The third kappa shape index (κ3) is 2.66. The molecule has 0 bridgehead atoms. The van der Waals surface area contributed by atoms with E-state index < -0.39 is 0 Å². The van der Waals surface area contributed by atoms with Gasteiger partial charge in [0.15, 0.2) is 0 Å². The summed E-state index contributed by atoms with van der Waals surface area (Å²) in [4.78, 5) is 7.32. The average Bonchev–Trinajstić information content (AvgIpc) is 3.07. The van der Waals surface area contributed by atoms with Gasteiger partial charge in [-0.2, -0.15) is 5.10 Å². The Labute approximate surface area is 143 Å². The lowest BCUT2D eigenvalue weighted by atomic mass is 9.93. The standard InChI is InChI=1S/C20H24N4/c1-3-16-14-20(17-6-4-5-7-18(17)22-16)24-12-9-15(10-13-24)19-8-11-21-23(19)2/h4-8,11,14-15H,3,9-10,12-13H2,1-2H3. The predicted octanol–water partition coefficient (Wildman–Crippen LogP) is 3.91. The molecule has 1 fully saturated rings. The van der Waals surface area contributed by atoms with Gasteiger partial charge in [-0.15, -0.1) is 0 Å². The molecule has 1 aromatic carbocycles. The molecule has 0 radical (unpaired) electrons. The topological polar surface area (TPSA) is 34.0 Å². The van der Waals surface area contributed by atoms with Gasteiger partial charge in [0, 0.05) is 54.7 Å². The summed E-state index contributed by atoms with van der Waals surface area (Å²) in [5, 5.41) is 5.60. The number of fused-ring (bicyclic) bond motifs is 1. The van der Waals surface area contributed by atoms with E-state index in [1.54, 1.807) is 0 Å². The van der Waals surface area contributed by atoms with E-state index in [4.69, 9.17) is 4.98 Å². The van der Waals surface area contributed by atoms with E-state index in [0.29, 0.717) is 5.92 Å². The lowest BCUT2D eigenvalue weighted by molar-refractivity contribution is 0.478. The van der Waals surface area contributed by atoms with Gasteiger partial charge in [0.05, 0.1) is 5.52 Å². The number of pyridine rings is 1. The fourth-order valence-corrected chi connectivity index (χ4v) is 3.85. The largest absolute Gasteiger partial charge is 0.371 e. The summed E-state index contributed by atoms with van der Waals surface area (Å²) in [7, 11) is 2.05. The number of benzene rings is 1. The first kappa shape index (κ1) is 15.2. The van der Waals surface area contributed by atoms with Crippen molar-refractivity contribution in [2.75, 3.05) is 18.0 Å². The van der Waals surface area contributed by atoms with E-state index in [9.17, 15) is 0 Å². The van der Waals surface area contributed by atoms with Gasteiger partial charge in [-0.05, 0) is 37.5 Å². The lowest BCUT2D eigenvalue weighted by Gasteiger charge is -2.34. The van der Waals surface area contributed by atoms with Crippen LogP contribution in [0.15, 0.2) is 42.6 Å². The first-order chi connectivity index (χ1) is 11.8. The maximum atomic E-state index is 4.78. The fraction of sp³-hybridized carbons (Fsp3) is 0.400. The van der Waals surface area contributed by atoms with E-state index in [1.807, 2.05) is 17.9 Å². The molecule has 2 aromatic heterocycles. The van der Waals surface area contributed by atoms with Crippen molar-refractivity contribution in [1.82, 2.24) is 14.8 Å². The van der Waals surface area contributed by atoms with Crippen molar-refractivity contribution in [2.24, 2.45) is 7.05 Å². The second kappa shape index (κ2) is 6.27. The van der Waals surface area contributed by atoms with Gasteiger partial charge in [0.25, 0.3) is 0 Å². The van der Waals surface area contributed by atoms with Crippen LogP contribution in [0.3, 0.4) is 0 Å². The molecule has 0 saturated carbocycles. The normalized spacial score (nSPS) is 16.0. The average molecular weight is 320 g/mol. The SMILES string of the molecule is CCc1cc(N2CCC(c3ccnn3C)CC2)c2ccccc2n1. The molecule has 3 heterocycles. The minimum Gasteiger partial charge on any atom is -0.371 e. The number of hydrogen-bond acceptors (Lipinski definition) is 3. The Morgan fingerprint density at radius 1 is 1.12 bits per heavy atom. The van der Waals surface area contributed by atoms with Crippen LogP contribution in [0.5, 0.6) is 0 Å². The van der Waals surface area contributed by atoms with Crippen molar-refractivity contribution in [1.29, 1.82) is 0 Å². The highest BCUT2D eigenvalue weighted by Crippen LogP contribution is 2.33. The Kier molecular flexibility index (Phi) is 3.97. The molecule has 0 spiro atoms. The highest BCUT2D eigenvalue weighted by atomic mass is 15.3. The predicted molar refractivity (Wildman–Crippen MR) is 98.5 cm³/mol.